The molecule has 1 aromatic rings. The highest BCUT2D eigenvalue weighted by molar-refractivity contribution is 9.10. The van der Waals surface area contributed by atoms with Crippen molar-refractivity contribution in [2.45, 2.75) is 64.4 Å². The number of halogens is 4. The number of piperidine rings is 1. The van der Waals surface area contributed by atoms with Crippen LogP contribution in [0.25, 0.3) is 0 Å². The summed E-state index contributed by atoms with van der Waals surface area (Å²) in [5.74, 6) is 0. The Morgan fingerprint density at radius 3 is 2.42 bits per heavy atom. The standard InChI is InChI=1S/C14H20BrF3N4O2/c1-8-11(15)19-20-22(8)9-5-6-21(10(7-9)14(16,17)18)12(23)24-13(2,3)4/h9-10H,5-7H2,1-4H3. The number of alkyl halides is 3. The zero-order chi connectivity index (χ0) is 18.3. The van der Waals surface area contributed by atoms with Crippen molar-refractivity contribution in [1.29, 1.82) is 0 Å². The van der Waals surface area contributed by atoms with E-state index in [4.69, 9.17) is 4.74 Å². The number of carbonyl (C=O) groups excluding carboxylic acids is 1. The third-order valence-electron chi connectivity index (χ3n) is 3.80. The molecule has 0 saturated carbocycles. The van der Waals surface area contributed by atoms with Crippen LogP contribution in [0.2, 0.25) is 0 Å². The minimum atomic E-state index is -4.54. The van der Waals surface area contributed by atoms with E-state index < -0.39 is 30.0 Å². The fourth-order valence-corrected chi connectivity index (χ4v) is 2.94. The number of amides is 1. The fraction of sp³-hybridized carbons (Fsp3) is 0.786. The average Bonchev–Trinajstić information content (AvgIpc) is 2.75. The summed E-state index contributed by atoms with van der Waals surface area (Å²) in [5, 5.41) is 7.73. The molecule has 2 atom stereocenters. The first-order valence-electron chi connectivity index (χ1n) is 7.54. The highest BCUT2D eigenvalue weighted by Gasteiger charge is 2.50. The van der Waals surface area contributed by atoms with Crippen LogP contribution in [-0.4, -0.2) is 50.4 Å². The molecule has 2 rings (SSSR count). The summed E-state index contributed by atoms with van der Waals surface area (Å²) in [7, 11) is 0. The van der Waals surface area contributed by atoms with Gasteiger partial charge in [0.1, 0.15) is 11.6 Å². The quantitative estimate of drug-likeness (QED) is 0.702. The van der Waals surface area contributed by atoms with Gasteiger partial charge in [-0.05, 0) is 56.5 Å². The van der Waals surface area contributed by atoms with Crippen LogP contribution in [0.15, 0.2) is 4.60 Å². The van der Waals surface area contributed by atoms with Gasteiger partial charge in [0, 0.05) is 6.54 Å². The molecule has 0 aromatic carbocycles. The number of carbonyl (C=O) groups is 1. The molecule has 1 aromatic heterocycles. The molecule has 0 bridgehead atoms. The molecule has 2 unspecified atom stereocenters. The van der Waals surface area contributed by atoms with Gasteiger partial charge < -0.3 is 4.74 Å². The Labute approximate surface area is 146 Å². The van der Waals surface area contributed by atoms with E-state index in [0.29, 0.717) is 16.7 Å². The van der Waals surface area contributed by atoms with Crippen LogP contribution in [0.5, 0.6) is 0 Å². The molecule has 0 radical (unpaired) electrons. The van der Waals surface area contributed by atoms with E-state index in [9.17, 15) is 18.0 Å². The first-order valence-corrected chi connectivity index (χ1v) is 8.33. The van der Waals surface area contributed by atoms with Crippen LogP contribution in [0.1, 0.15) is 45.3 Å². The fourth-order valence-electron chi connectivity index (χ4n) is 2.69. The van der Waals surface area contributed by atoms with Crippen LogP contribution in [0, 0.1) is 6.92 Å². The molecule has 1 saturated heterocycles. The van der Waals surface area contributed by atoms with Gasteiger partial charge in [0.25, 0.3) is 0 Å². The molecule has 24 heavy (non-hydrogen) atoms. The van der Waals surface area contributed by atoms with E-state index >= 15 is 0 Å². The first kappa shape index (κ1) is 19.0. The van der Waals surface area contributed by atoms with Crippen molar-refractivity contribution in [2.75, 3.05) is 6.54 Å². The Morgan fingerprint density at radius 1 is 1.33 bits per heavy atom. The summed E-state index contributed by atoms with van der Waals surface area (Å²) < 4.78 is 47.5. The summed E-state index contributed by atoms with van der Waals surface area (Å²) >= 11 is 3.20. The first-order chi connectivity index (χ1) is 10.9. The van der Waals surface area contributed by atoms with E-state index in [0.717, 1.165) is 4.90 Å². The summed E-state index contributed by atoms with van der Waals surface area (Å²) in [6.45, 7) is 6.54. The molecule has 10 heteroatoms. The lowest BCUT2D eigenvalue weighted by atomic mass is 9.97. The molecular weight excluding hydrogens is 393 g/mol. The van der Waals surface area contributed by atoms with Gasteiger partial charge in [-0.25, -0.2) is 9.48 Å². The van der Waals surface area contributed by atoms with Crippen LogP contribution < -0.4 is 0 Å². The van der Waals surface area contributed by atoms with E-state index in [2.05, 4.69) is 26.2 Å². The van der Waals surface area contributed by atoms with E-state index in [-0.39, 0.29) is 13.0 Å². The van der Waals surface area contributed by atoms with Gasteiger partial charge in [-0.15, -0.1) is 5.10 Å². The predicted molar refractivity (Wildman–Crippen MR) is 83.5 cm³/mol. The van der Waals surface area contributed by atoms with E-state index in [1.807, 2.05) is 0 Å². The zero-order valence-corrected chi connectivity index (χ0v) is 15.5. The summed E-state index contributed by atoms with van der Waals surface area (Å²) in [4.78, 5) is 12.9. The number of likely N-dealkylation sites (tertiary alicyclic amines) is 1. The van der Waals surface area contributed by atoms with Crippen LogP contribution in [-0.2, 0) is 4.74 Å². The zero-order valence-electron chi connectivity index (χ0n) is 13.9. The predicted octanol–water partition coefficient (Wildman–Crippen LogP) is 3.85. The molecule has 2 heterocycles. The smallest absolute Gasteiger partial charge is 0.410 e. The third kappa shape index (κ3) is 4.20. The van der Waals surface area contributed by atoms with Gasteiger partial charge >= 0.3 is 12.3 Å². The van der Waals surface area contributed by atoms with Crippen molar-refractivity contribution in [2.24, 2.45) is 0 Å². The molecule has 1 aliphatic heterocycles. The summed E-state index contributed by atoms with van der Waals surface area (Å²) in [6.07, 6.45) is -5.41. The normalized spacial score (nSPS) is 22.6. The highest BCUT2D eigenvalue weighted by Crippen LogP contribution is 2.37. The Hall–Kier alpha value is -1.32. The molecular formula is C14H20BrF3N4O2. The number of nitrogens with zero attached hydrogens (tertiary/aromatic N) is 4. The lowest BCUT2D eigenvalue weighted by Gasteiger charge is -2.40. The monoisotopic (exact) mass is 412 g/mol. The lowest BCUT2D eigenvalue weighted by Crippen LogP contribution is -2.54. The third-order valence-corrected chi connectivity index (χ3v) is 4.53. The van der Waals surface area contributed by atoms with Gasteiger partial charge in [0.2, 0.25) is 0 Å². The SMILES string of the molecule is Cc1c(Br)nnn1C1CCN(C(=O)OC(C)(C)C)C(C(F)(F)F)C1. The summed E-state index contributed by atoms with van der Waals surface area (Å²) in [5.41, 5.74) is -0.191. The van der Waals surface area contributed by atoms with Gasteiger partial charge in [0.05, 0.1) is 11.7 Å². The molecule has 6 nitrogen and oxygen atoms in total. The molecule has 0 aliphatic carbocycles. The van der Waals surface area contributed by atoms with Gasteiger partial charge in [-0.1, -0.05) is 5.21 Å². The van der Waals surface area contributed by atoms with E-state index in [1.165, 1.54) is 4.68 Å². The molecule has 1 fully saturated rings. The second-order valence-corrected chi connectivity index (χ2v) is 7.57. The number of ether oxygens (including phenoxy) is 1. The van der Waals surface area contributed by atoms with Gasteiger partial charge in [-0.3, -0.25) is 4.90 Å². The van der Waals surface area contributed by atoms with Crippen molar-refractivity contribution in [3.05, 3.63) is 10.3 Å². The maximum absolute atomic E-state index is 13.5. The van der Waals surface area contributed by atoms with Gasteiger partial charge in [-0.2, -0.15) is 13.2 Å². The molecule has 1 amide bonds. The van der Waals surface area contributed by atoms with Crippen molar-refractivity contribution in [3.63, 3.8) is 0 Å². The van der Waals surface area contributed by atoms with Crippen LogP contribution in [0.4, 0.5) is 18.0 Å². The number of hydrogen-bond donors (Lipinski definition) is 0. The van der Waals surface area contributed by atoms with E-state index in [1.54, 1.807) is 27.7 Å². The maximum atomic E-state index is 13.5. The largest absolute Gasteiger partial charge is 0.444 e. The molecule has 1 aliphatic rings. The van der Waals surface area contributed by atoms with Gasteiger partial charge in [0.15, 0.2) is 4.60 Å². The molecule has 0 N–H and O–H groups in total. The Bertz CT molecular complexity index is 612. The van der Waals surface area contributed by atoms with Crippen molar-refractivity contribution >= 4 is 22.0 Å². The highest BCUT2D eigenvalue weighted by atomic mass is 79.9. The molecule has 0 spiro atoms. The minimum absolute atomic E-state index is 0.0549. The number of rotatable bonds is 1. The average molecular weight is 413 g/mol. The van der Waals surface area contributed by atoms with Crippen molar-refractivity contribution < 1.29 is 22.7 Å². The second kappa shape index (κ2) is 6.53. The minimum Gasteiger partial charge on any atom is -0.444 e. The van der Waals surface area contributed by atoms with Crippen LogP contribution in [0.3, 0.4) is 0 Å². The van der Waals surface area contributed by atoms with Crippen molar-refractivity contribution in [3.8, 4) is 0 Å². The summed E-state index contributed by atoms with van der Waals surface area (Å²) in [6, 6.07) is -2.39. The Kier molecular flexibility index (Phi) is 5.17. The lowest BCUT2D eigenvalue weighted by molar-refractivity contribution is -0.191. The number of hydrogen-bond acceptors (Lipinski definition) is 4. The second-order valence-electron chi connectivity index (χ2n) is 6.82. The Balaban J connectivity index is 2.22. The topological polar surface area (TPSA) is 60.2 Å². The number of aromatic nitrogens is 3. The van der Waals surface area contributed by atoms with Crippen LogP contribution >= 0.6 is 15.9 Å². The van der Waals surface area contributed by atoms with Crippen molar-refractivity contribution in [1.82, 2.24) is 19.9 Å². The maximum Gasteiger partial charge on any atom is 0.410 e. The molecule has 136 valence electrons. The Morgan fingerprint density at radius 2 is 1.96 bits per heavy atom.